The van der Waals surface area contributed by atoms with Crippen LogP contribution in [0.3, 0.4) is 0 Å². The van der Waals surface area contributed by atoms with Gasteiger partial charge in [-0.3, -0.25) is 4.79 Å². The van der Waals surface area contributed by atoms with Crippen LogP contribution in [0.15, 0.2) is 58.0 Å². The molecule has 5 nitrogen and oxygen atoms in total. The molecule has 2 heterocycles. The van der Waals surface area contributed by atoms with Crippen molar-refractivity contribution in [2.45, 2.75) is 35.2 Å². The Bertz CT molecular complexity index is 795. The van der Waals surface area contributed by atoms with Gasteiger partial charge in [0.25, 0.3) is 0 Å². The van der Waals surface area contributed by atoms with Crippen LogP contribution in [0.2, 0.25) is 0 Å². The molecule has 1 fully saturated rings. The molecule has 1 aliphatic heterocycles. The molecule has 0 unspecified atom stereocenters. The van der Waals surface area contributed by atoms with Gasteiger partial charge in [-0.1, -0.05) is 18.2 Å². The SMILES string of the molecule is O=C(CCSc1ccccc1)N1CCC(S(=O)(=O)Cc2ccco2)CC1. The second-order valence-corrected chi connectivity index (χ2v) is 9.83. The normalized spacial score (nSPS) is 15.9. The molecule has 1 aromatic heterocycles. The molecule has 1 saturated heterocycles. The number of carbonyl (C=O) groups is 1. The summed E-state index contributed by atoms with van der Waals surface area (Å²) in [5, 5.41) is -0.393. The van der Waals surface area contributed by atoms with Crippen LogP contribution in [0.4, 0.5) is 0 Å². The number of sulfone groups is 1. The van der Waals surface area contributed by atoms with Crippen molar-refractivity contribution < 1.29 is 17.6 Å². The summed E-state index contributed by atoms with van der Waals surface area (Å²) < 4.78 is 30.1. The van der Waals surface area contributed by atoms with E-state index >= 15 is 0 Å². The Hall–Kier alpha value is -1.73. The van der Waals surface area contributed by atoms with Crippen LogP contribution < -0.4 is 0 Å². The summed E-state index contributed by atoms with van der Waals surface area (Å²) in [5.41, 5.74) is 0. The molecule has 0 bridgehead atoms. The van der Waals surface area contributed by atoms with Crippen LogP contribution in [0.5, 0.6) is 0 Å². The van der Waals surface area contributed by atoms with Crippen LogP contribution in [0.1, 0.15) is 25.0 Å². The summed E-state index contributed by atoms with van der Waals surface area (Å²) in [4.78, 5) is 15.3. The van der Waals surface area contributed by atoms with E-state index in [1.165, 1.54) is 6.26 Å². The standard InChI is InChI=1S/C19H23NO4S2/c21-19(10-14-25-17-6-2-1-3-7-17)20-11-8-18(9-12-20)26(22,23)15-16-5-4-13-24-16/h1-7,13,18H,8-12,14-15H2. The fourth-order valence-electron chi connectivity index (χ4n) is 3.11. The predicted molar refractivity (Wildman–Crippen MR) is 103 cm³/mol. The maximum Gasteiger partial charge on any atom is 0.223 e. The van der Waals surface area contributed by atoms with Gasteiger partial charge in [0, 0.05) is 30.2 Å². The molecule has 1 aromatic carbocycles. The predicted octanol–water partition coefficient (Wildman–Crippen LogP) is 3.37. The van der Waals surface area contributed by atoms with Crippen molar-refractivity contribution in [3.05, 3.63) is 54.5 Å². The van der Waals surface area contributed by atoms with Gasteiger partial charge in [0.1, 0.15) is 11.5 Å². The van der Waals surface area contributed by atoms with Crippen LogP contribution in [-0.2, 0) is 20.4 Å². The fraction of sp³-hybridized carbons (Fsp3) is 0.421. The van der Waals surface area contributed by atoms with Crippen LogP contribution in [-0.4, -0.2) is 43.3 Å². The smallest absolute Gasteiger partial charge is 0.223 e. The lowest BCUT2D eigenvalue weighted by atomic mass is 10.1. The summed E-state index contributed by atoms with van der Waals surface area (Å²) in [7, 11) is -3.24. The zero-order valence-corrected chi connectivity index (χ0v) is 16.2. The first-order valence-corrected chi connectivity index (χ1v) is 11.4. The lowest BCUT2D eigenvalue weighted by molar-refractivity contribution is -0.131. The van der Waals surface area contributed by atoms with Crippen molar-refractivity contribution in [1.82, 2.24) is 4.90 Å². The molecule has 2 aromatic rings. The summed E-state index contributed by atoms with van der Waals surface area (Å²) in [6.07, 6.45) is 2.96. The van der Waals surface area contributed by atoms with E-state index in [0.29, 0.717) is 38.1 Å². The van der Waals surface area contributed by atoms with Crippen LogP contribution in [0.25, 0.3) is 0 Å². The minimum absolute atomic E-state index is 0.0632. The summed E-state index contributed by atoms with van der Waals surface area (Å²) >= 11 is 1.67. The van der Waals surface area contributed by atoms with E-state index in [1.807, 2.05) is 30.3 Å². The van der Waals surface area contributed by atoms with Gasteiger partial charge in [-0.05, 0) is 37.1 Å². The van der Waals surface area contributed by atoms with E-state index in [2.05, 4.69) is 0 Å². The molecular formula is C19H23NO4S2. The van der Waals surface area contributed by atoms with E-state index < -0.39 is 15.1 Å². The lowest BCUT2D eigenvalue weighted by Crippen LogP contribution is -2.42. The molecule has 0 radical (unpaired) electrons. The minimum Gasteiger partial charge on any atom is -0.468 e. The lowest BCUT2D eigenvalue weighted by Gasteiger charge is -2.31. The van der Waals surface area contributed by atoms with E-state index in [4.69, 9.17) is 4.42 Å². The van der Waals surface area contributed by atoms with Gasteiger partial charge < -0.3 is 9.32 Å². The average Bonchev–Trinajstić information content (AvgIpc) is 3.15. The minimum atomic E-state index is -3.24. The Morgan fingerprint density at radius 2 is 1.85 bits per heavy atom. The number of benzene rings is 1. The number of thioether (sulfide) groups is 1. The highest BCUT2D eigenvalue weighted by molar-refractivity contribution is 7.99. The first-order chi connectivity index (χ1) is 12.5. The molecule has 3 rings (SSSR count). The maximum absolute atomic E-state index is 12.5. The number of nitrogens with zero attached hydrogens (tertiary/aromatic N) is 1. The van der Waals surface area contributed by atoms with Gasteiger partial charge in [-0.2, -0.15) is 0 Å². The van der Waals surface area contributed by atoms with Crippen LogP contribution >= 0.6 is 11.8 Å². The summed E-state index contributed by atoms with van der Waals surface area (Å²) in [6.45, 7) is 1.02. The molecule has 0 spiro atoms. The van der Waals surface area contributed by atoms with Gasteiger partial charge in [-0.25, -0.2) is 8.42 Å². The first-order valence-electron chi connectivity index (χ1n) is 8.74. The molecule has 0 N–H and O–H groups in total. The number of likely N-dealkylation sites (tertiary alicyclic amines) is 1. The van der Waals surface area contributed by atoms with Gasteiger partial charge in [0.2, 0.25) is 5.91 Å². The van der Waals surface area contributed by atoms with E-state index in [9.17, 15) is 13.2 Å². The van der Waals surface area contributed by atoms with Gasteiger partial charge in [0.05, 0.1) is 11.5 Å². The molecule has 0 saturated carbocycles. The third-order valence-corrected chi connectivity index (χ3v) is 7.74. The van der Waals surface area contributed by atoms with Crippen molar-refractivity contribution in [2.24, 2.45) is 0 Å². The number of furan rings is 1. The number of hydrogen-bond acceptors (Lipinski definition) is 5. The quantitative estimate of drug-likeness (QED) is 0.675. The third kappa shape index (κ3) is 5.14. The summed E-state index contributed by atoms with van der Waals surface area (Å²) in [6, 6.07) is 13.4. The monoisotopic (exact) mass is 393 g/mol. The largest absolute Gasteiger partial charge is 0.468 e. The Morgan fingerprint density at radius 3 is 2.50 bits per heavy atom. The molecule has 0 atom stereocenters. The Kier molecular flexibility index (Phi) is 6.43. The number of carbonyl (C=O) groups excluding carboxylic acids is 1. The fourth-order valence-corrected chi connectivity index (χ4v) is 5.69. The van der Waals surface area contributed by atoms with Crippen molar-refractivity contribution >= 4 is 27.5 Å². The average molecular weight is 394 g/mol. The van der Waals surface area contributed by atoms with Crippen LogP contribution in [0, 0.1) is 0 Å². The van der Waals surface area contributed by atoms with Gasteiger partial charge in [-0.15, -0.1) is 11.8 Å². The molecular weight excluding hydrogens is 370 g/mol. The molecule has 140 valence electrons. The Morgan fingerprint density at radius 1 is 1.12 bits per heavy atom. The first kappa shape index (κ1) is 19.0. The van der Waals surface area contributed by atoms with E-state index in [-0.39, 0.29) is 11.7 Å². The summed E-state index contributed by atoms with van der Waals surface area (Å²) in [5.74, 6) is 1.25. The van der Waals surface area contributed by atoms with Crippen molar-refractivity contribution in [3.63, 3.8) is 0 Å². The zero-order chi connectivity index (χ0) is 18.4. The molecule has 1 amide bonds. The Balaban J connectivity index is 1.43. The molecule has 0 aliphatic carbocycles. The highest BCUT2D eigenvalue weighted by Crippen LogP contribution is 2.23. The highest BCUT2D eigenvalue weighted by Gasteiger charge is 2.32. The molecule has 1 aliphatic rings. The number of hydrogen-bond donors (Lipinski definition) is 0. The van der Waals surface area contributed by atoms with Crippen molar-refractivity contribution in [3.8, 4) is 0 Å². The molecule has 7 heteroatoms. The molecule has 26 heavy (non-hydrogen) atoms. The van der Waals surface area contributed by atoms with Crippen molar-refractivity contribution in [1.29, 1.82) is 0 Å². The number of rotatable bonds is 7. The van der Waals surface area contributed by atoms with E-state index in [0.717, 1.165) is 10.6 Å². The van der Waals surface area contributed by atoms with Gasteiger partial charge in [0.15, 0.2) is 9.84 Å². The topological polar surface area (TPSA) is 67.6 Å². The second kappa shape index (κ2) is 8.77. The number of amides is 1. The highest BCUT2D eigenvalue weighted by atomic mass is 32.2. The third-order valence-electron chi connectivity index (χ3n) is 4.55. The van der Waals surface area contributed by atoms with Gasteiger partial charge >= 0.3 is 0 Å². The van der Waals surface area contributed by atoms with E-state index in [1.54, 1.807) is 28.8 Å². The Labute approximate surface area is 158 Å². The maximum atomic E-state index is 12.5. The number of piperidine rings is 1. The zero-order valence-electron chi connectivity index (χ0n) is 14.5. The van der Waals surface area contributed by atoms with Crippen molar-refractivity contribution in [2.75, 3.05) is 18.8 Å². The second-order valence-electron chi connectivity index (χ2n) is 6.38.